The molecule has 0 N–H and O–H groups in total. The molecule has 20 heavy (non-hydrogen) atoms. The molecule has 0 aliphatic heterocycles. The second kappa shape index (κ2) is 7.64. The summed E-state index contributed by atoms with van der Waals surface area (Å²) in [5.74, 6) is -0.811. The maximum Gasteiger partial charge on any atom is 0.319 e. The molecule has 0 radical (unpaired) electrons. The lowest BCUT2D eigenvalue weighted by atomic mass is 10.3. The Morgan fingerprint density at radius 1 is 1.25 bits per heavy atom. The molecular formula is C13H21N3O4. The van der Waals surface area contributed by atoms with Crippen molar-refractivity contribution in [2.45, 2.75) is 26.4 Å². The van der Waals surface area contributed by atoms with Crippen molar-refractivity contribution in [1.82, 2.24) is 14.7 Å². The van der Waals surface area contributed by atoms with Crippen LogP contribution in [0.2, 0.25) is 0 Å². The molecule has 0 aromatic carbocycles. The predicted molar refractivity (Wildman–Crippen MR) is 71.9 cm³/mol. The van der Waals surface area contributed by atoms with Gasteiger partial charge in [0.1, 0.15) is 0 Å². The summed E-state index contributed by atoms with van der Waals surface area (Å²) < 4.78 is 11.1. The maximum absolute atomic E-state index is 11.4. The number of carbonyl (C=O) groups is 2. The smallest absolute Gasteiger partial charge is 0.319 e. The highest BCUT2D eigenvalue weighted by Gasteiger charge is 2.17. The molecule has 1 aromatic rings. The first-order chi connectivity index (χ1) is 9.46. The van der Waals surface area contributed by atoms with E-state index in [0.717, 1.165) is 5.69 Å². The van der Waals surface area contributed by atoms with Gasteiger partial charge in [-0.1, -0.05) is 0 Å². The fraction of sp³-hybridized carbons (Fsp3) is 0.615. The summed E-state index contributed by atoms with van der Waals surface area (Å²) in [6.07, 6.45) is 1.87. The first-order valence-corrected chi connectivity index (χ1v) is 6.36. The Hall–Kier alpha value is -1.89. The van der Waals surface area contributed by atoms with Crippen molar-refractivity contribution < 1.29 is 19.1 Å². The van der Waals surface area contributed by atoms with Crippen LogP contribution in [0, 0.1) is 0 Å². The highest BCUT2D eigenvalue weighted by molar-refractivity contribution is 5.74. The van der Waals surface area contributed by atoms with E-state index in [1.54, 1.807) is 4.90 Å². The van der Waals surface area contributed by atoms with Gasteiger partial charge in [-0.2, -0.15) is 5.10 Å². The average molecular weight is 283 g/mol. The van der Waals surface area contributed by atoms with Crippen LogP contribution in [0.5, 0.6) is 0 Å². The topological polar surface area (TPSA) is 73.7 Å². The van der Waals surface area contributed by atoms with E-state index in [1.165, 1.54) is 14.2 Å². The highest BCUT2D eigenvalue weighted by atomic mass is 16.5. The van der Waals surface area contributed by atoms with Gasteiger partial charge < -0.3 is 9.47 Å². The van der Waals surface area contributed by atoms with E-state index in [2.05, 4.69) is 14.6 Å². The summed E-state index contributed by atoms with van der Waals surface area (Å²) in [5, 5.41) is 4.39. The van der Waals surface area contributed by atoms with E-state index in [9.17, 15) is 9.59 Å². The molecule has 0 bridgehead atoms. The van der Waals surface area contributed by atoms with E-state index in [1.807, 2.05) is 30.8 Å². The molecule has 0 unspecified atom stereocenters. The number of methoxy groups -OCH3 is 2. The summed E-state index contributed by atoms with van der Waals surface area (Å²) in [4.78, 5) is 24.3. The molecule has 1 aromatic heterocycles. The Morgan fingerprint density at radius 2 is 1.80 bits per heavy atom. The van der Waals surface area contributed by atoms with E-state index in [-0.39, 0.29) is 19.1 Å². The third-order valence-corrected chi connectivity index (χ3v) is 2.74. The second-order valence-electron chi connectivity index (χ2n) is 4.68. The maximum atomic E-state index is 11.4. The molecular weight excluding hydrogens is 262 g/mol. The SMILES string of the molecule is COC(=O)CN(CC(=O)OC)Cc1ccn(C(C)C)n1. The van der Waals surface area contributed by atoms with Crippen molar-refractivity contribution in [3.05, 3.63) is 18.0 Å². The summed E-state index contributed by atoms with van der Waals surface area (Å²) in [6, 6.07) is 2.13. The molecule has 0 atom stereocenters. The first kappa shape index (κ1) is 16.2. The van der Waals surface area contributed by atoms with Gasteiger partial charge in [-0.15, -0.1) is 0 Å². The van der Waals surface area contributed by atoms with Gasteiger partial charge in [0.05, 0.1) is 33.0 Å². The first-order valence-electron chi connectivity index (χ1n) is 6.36. The van der Waals surface area contributed by atoms with E-state index >= 15 is 0 Å². The van der Waals surface area contributed by atoms with Gasteiger partial charge in [-0.3, -0.25) is 19.2 Å². The van der Waals surface area contributed by atoms with Crippen LogP contribution in [-0.4, -0.2) is 53.9 Å². The van der Waals surface area contributed by atoms with Gasteiger partial charge >= 0.3 is 11.9 Å². The molecule has 0 fully saturated rings. The minimum absolute atomic E-state index is 0.0140. The van der Waals surface area contributed by atoms with Gasteiger partial charge in [-0.05, 0) is 19.9 Å². The lowest BCUT2D eigenvalue weighted by molar-refractivity contribution is -0.145. The normalized spacial score (nSPS) is 10.9. The van der Waals surface area contributed by atoms with Gasteiger partial charge in [0.2, 0.25) is 0 Å². The minimum atomic E-state index is -0.405. The standard InChI is InChI=1S/C13H21N3O4/c1-10(2)16-6-5-11(14-16)7-15(8-12(17)19-3)9-13(18)20-4/h5-6,10H,7-9H2,1-4H3. The minimum Gasteiger partial charge on any atom is -0.468 e. The monoisotopic (exact) mass is 283 g/mol. The molecule has 7 nitrogen and oxygen atoms in total. The van der Waals surface area contributed by atoms with Crippen molar-refractivity contribution in [3.8, 4) is 0 Å². The Labute approximate surface area is 118 Å². The number of carbonyl (C=O) groups excluding carboxylic acids is 2. The zero-order valence-electron chi connectivity index (χ0n) is 12.3. The molecule has 0 amide bonds. The van der Waals surface area contributed by atoms with Gasteiger partial charge in [0, 0.05) is 18.8 Å². The number of ether oxygens (including phenoxy) is 2. The molecule has 112 valence electrons. The predicted octanol–water partition coefficient (Wildman–Crippen LogP) is 0.612. The third kappa shape index (κ3) is 5.00. The van der Waals surface area contributed by atoms with Gasteiger partial charge in [0.25, 0.3) is 0 Å². The zero-order valence-corrected chi connectivity index (χ0v) is 12.3. The van der Waals surface area contributed by atoms with Crippen LogP contribution in [-0.2, 0) is 25.6 Å². The van der Waals surface area contributed by atoms with Gasteiger partial charge in [0.15, 0.2) is 0 Å². The quantitative estimate of drug-likeness (QED) is 0.683. The molecule has 7 heteroatoms. The number of aromatic nitrogens is 2. The molecule has 0 spiro atoms. The number of hydrogen-bond acceptors (Lipinski definition) is 6. The van der Waals surface area contributed by atoms with Crippen LogP contribution >= 0.6 is 0 Å². The summed E-state index contributed by atoms with van der Waals surface area (Å²) >= 11 is 0. The van der Waals surface area contributed by atoms with Gasteiger partial charge in [-0.25, -0.2) is 0 Å². The summed E-state index contributed by atoms with van der Waals surface area (Å²) in [5.41, 5.74) is 0.784. The Bertz CT molecular complexity index is 438. The van der Waals surface area contributed by atoms with Crippen LogP contribution in [0.25, 0.3) is 0 Å². The molecule has 0 aliphatic carbocycles. The largest absolute Gasteiger partial charge is 0.468 e. The Morgan fingerprint density at radius 3 is 2.20 bits per heavy atom. The summed E-state index contributed by atoms with van der Waals surface area (Å²) in [6.45, 7) is 4.46. The number of esters is 2. The van der Waals surface area contributed by atoms with Crippen LogP contribution in [0.1, 0.15) is 25.6 Å². The number of rotatable bonds is 7. The van der Waals surface area contributed by atoms with Crippen LogP contribution in [0.4, 0.5) is 0 Å². The number of nitrogens with zero attached hydrogens (tertiary/aromatic N) is 3. The second-order valence-corrected chi connectivity index (χ2v) is 4.68. The molecule has 0 saturated carbocycles. The van der Waals surface area contributed by atoms with Crippen molar-refractivity contribution in [3.63, 3.8) is 0 Å². The van der Waals surface area contributed by atoms with E-state index in [0.29, 0.717) is 6.54 Å². The third-order valence-electron chi connectivity index (χ3n) is 2.74. The Kier molecular flexibility index (Phi) is 6.17. The fourth-order valence-electron chi connectivity index (χ4n) is 1.64. The van der Waals surface area contributed by atoms with Crippen LogP contribution < -0.4 is 0 Å². The van der Waals surface area contributed by atoms with Crippen LogP contribution in [0.15, 0.2) is 12.3 Å². The molecule has 0 aliphatic rings. The lowest BCUT2D eigenvalue weighted by Gasteiger charge is -2.18. The average Bonchev–Trinajstić information content (AvgIpc) is 2.86. The summed E-state index contributed by atoms with van der Waals surface area (Å²) in [7, 11) is 2.62. The van der Waals surface area contributed by atoms with Crippen molar-refractivity contribution >= 4 is 11.9 Å². The van der Waals surface area contributed by atoms with Crippen LogP contribution in [0.3, 0.4) is 0 Å². The van der Waals surface area contributed by atoms with E-state index in [4.69, 9.17) is 0 Å². The molecule has 1 rings (SSSR count). The highest BCUT2D eigenvalue weighted by Crippen LogP contribution is 2.07. The van der Waals surface area contributed by atoms with Crippen molar-refractivity contribution in [1.29, 1.82) is 0 Å². The number of hydrogen-bond donors (Lipinski definition) is 0. The molecule has 0 saturated heterocycles. The zero-order chi connectivity index (χ0) is 15.1. The molecule has 1 heterocycles. The lowest BCUT2D eigenvalue weighted by Crippen LogP contribution is -2.35. The Balaban J connectivity index is 2.71. The van der Waals surface area contributed by atoms with E-state index < -0.39 is 11.9 Å². The van der Waals surface area contributed by atoms with Crippen molar-refractivity contribution in [2.24, 2.45) is 0 Å². The van der Waals surface area contributed by atoms with Crippen molar-refractivity contribution in [2.75, 3.05) is 27.3 Å². The fourth-order valence-corrected chi connectivity index (χ4v) is 1.64.